The second-order valence-corrected chi connectivity index (χ2v) is 8.92. The van der Waals surface area contributed by atoms with Crippen LogP contribution in [0, 0.1) is 16.7 Å². The summed E-state index contributed by atoms with van der Waals surface area (Å²) in [5, 5.41) is 12.1. The van der Waals surface area contributed by atoms with Gasteiger partial charge >= 0.3 is 0 Å². The number of hydrogen-bond donors (Lipinski definition) is 2. The lowest BCUT2D eigenvalue weighted by atomic mass is 9.87. The maximum Gasteiger partial charge on any atom is 0.244 e. The third-order valence-electron chi connectivity index (χ3n) is 3.95. The smallest absolute Gasteiger partial charge is 0.244 e. The highest BCUT2D eigenvalue weighted by atomic mass is 32.2. The molecule has 0 radical (unpaired) electrons. The molecule has 0 aliphatic heterocycles. The van der Waals surface area contributed by atoms with Gasteiger partial charge < -0.3 is 5.32 Å². The lowest BCUT2D eigenvalue weighted by Gasteiger charge is -2.21. The zero-order valence-electron chi connectivity index (χ0n) is 14.2. The fourth-order valence-electron chi connectivity index (χ4n) is 2.82. The highest BCUT2D eigenvalue weighted by molar-refractivity contribution is 7.89. The van der Waals surface area contributed by atoms with E-state index in [4.69, 9.17) is 0 Å². The third kappa shape index (κ3) is 4.13. The van der Waals surface area contributed by atoms with Crippen molar-refractivity contribution in [1.82, 2.24) is 4.72 Å². The SMILES string of the molecule is CC(C)(C)NS(=O)(=O)c1cccc(NC(=O)C2(C#N)CCCC2)c1. The maximum absolute atomic E-state index is 12.5. The van der Waals surface area contributed by atoms with E-state index >= 15 is 0 Å². The Morgan fingerprint density at radius 1 is 1.25 bits per heavy atom. The van der Waals surface area contributed by atoms with Gasteiger partial charge in [-0.25, -0.2) is 13.1 Å². The number of carbonyl (C=O) groups excluding carboxylic acids is 1. The fraction of sp³-hybridized carbons (Fsp3) is 0.529. The molecular formula is C17H23N3O3S. The van der Waals surface area contributed by atoms with E-state index in [1.165, 1.54) is 12.1 Å². The lowest BCUT2D eigenvalue weighted by molar-refractivity contribution is -0.122. The van der Waals surface area contributed by atoms with Crippen LogP contribution in [0.25, 0.3) is 0 Å². The van der Waals surface area contributed by atoms with Crippen molar-refractivity contribution < 1.29 is 13.2 Å². The lowest BCUT2D eigenvalue weighted by Crippen LogP contribution is -2.40. The molecule has 0 unspecified atom stereocenters. The number of sulfonamides is 1. The Kier molecular flexibility index (Phi) is 5.02. The number of carbonyl (C=O) groups is 1. The van der Waals surface area contributed by atoms with E-state index < -0.39 is 21.0 Å². The number of hydrogen-bond acceptors (Lipinski definition) is 4. The van der Waals surface area contributed by atoms with Crippen LogP contribution in [0.4, 0.5) is 5.69 Å². The van der Waals surface area contributed by atoms with Crippen LogP contribution < -0.4 is 10.0 Å². The molecule has 0 spiro atoms. The van der Waals surface area contributed by atoms with Crippen LogP contribution in [0.15, 0.2) is 29.2 Å². The molecule has 1 saturated carbocycles. The van der Waals surface area contributed by atoms with Crippen LogP contribution in [0.3, 0.4) is 0 Å². The van der Waals surface area contributed by atoms with Crippen molar-refractivity contribution in [3.8, 4) is 6.07 Å². The van der Waals surface area contributed by atoms with Crippen LogP contribution in [0.1, 0.15) is 46.5 Å². The molecule has 1 aromatic carbocycles. The van der Waals surface area contributed by atoms with E-state index in [0.29, 0.717) is 18.5 Å². The summed E-state index contributed by atoms with van der Waals surface area (Å²) in [7, 11) is -3.68. The third-order valence-corrected chi connectivity index (χ3v) is 5.70. The van der Waals surface area contributed by atoms with Crippen molar-refractivity contribution >= 4 is 21.6 Å². The summed E-state index contributed by atoms with van der Waals surface area (Å²) in [5.74, 6) is -0.360. The molecule has 1 aliphatic rings. The summed E-state index contributed by atoms with van der Waals surface area (Å²) in [5.41, 5.74) is -1.23. The summed E-state index contributed by atoms with van der Waals surface area (Å²) in [4.78, 5) is 12.5. The zero-order chi connectivity index (χ0) is 18.0. The topological polar surface area (TPSA) is 99.1 Å². The number of benzene rings is 1. The van der Waals surface area contributed by atoms with Gasteiger partial charge in [-0.3, -0.25) is 4.79 Å². The molecule has 1 amide bonds. The van der Waals surface area contributed by atoms with Crippen LogP contribution >= 0.6 is 0 Å². The van der Waals surface area contributed by atoms with Crippen molar-refractivity contribution in [2.75, 3.05) is 5.32 Å². The first-order valence-electron chi connectivity index (χ1n) is 7.95. The fourth-order valence-corrected chi connectivity index (χ4v) is 4.29. The Balaban J connectivity index is 2.22. The van der Waals surface area contributed by atoms with Crippen molar-refractivity contribution in [2.45, 2.75) is 56.9 Å². The molecule has 2 N–H and O–H groups in total. The van der Waals surface area contributed by atoms with E-state index in [1.807, 2.05) is 0 Å². The predicted molar refractivity (Wildman–Crippen MR) is 91.7 cm³/mol. The van der Waals surface area contributed by atoms with Gasteiger partial charge in [-0.1, -0.05) is 18.9 Å². The average molecular weight is 349 g/mol. The molecule has 6 nitrogen and oxygen atoms in total. The van der Waals surface area contributed by atoms with Gasteiger partial charge in [0.05, 0.1) is 11.0 Å². The average Bonchev–Trinajstić information content (AvgIpc) is 2.95. The van der Waals surface area contributed by atoms with Crippen molar-refractivity contribution in [3.63, 3.8) is 0 Å². The van der Waals surface area contributed by atoms with E-state index in [9.17, 15) is 18.5 Å². The molecule has 1 aromatic rings. The number of nitrogens with one attached hydrogen (secondary N) is 2. The van der Waals surface area contributed by atoms with Gasteiger partial charge in [0.25, 0.3) is 0 Å². The van der Waals surface area contributed by atoms with Gasteiger partial charge in [0.15, 0.2) is 0 Å². The summed E-state index contributed by atoms with van der Waals surface area (Å²) < 4.78 is 27.3. The minimum absolute atomic E-state index is 0.0765. The van der Waals surface area contributed by atoms with Crippen LogP contribution in [-0.2, 0) is 14.8 Å². The van der Waals surface area contributed by atoms with Gasteiger partial charge in [0.1, 0.15) is 5.41 Å². The number of nitrogens with zero attached hydrogens (tertiary/aromatic N) is 1. The molecule has 7 heteroatoms. The first kappa shape index (κ1) is 18.4. The van der Waals surface area contributed by atoms with Gasteiger partial charge in [-0.2, -0.15) is 5.26 Å². The van der Waals surface area contributed by atoms with Gasteiger partial charge in [-0.15, -0.1) is 0 Å². The Labute approximate surface area is 143 Å². The molecule has 130 valence electrons. The summed E-state index contributed by atoms with van der Waals surface area (Å²) in [6.45, 7) is 5.27. The van der Waals surface area contributed by atoms with E-state index in [-0.39, 0.29) is 10.8 Å². The first-order valence-corrected chi connectivity index (χ1v) is 9.43. The monoisotopic (exact) mass is 349 g/mol. The zero-order valence-corrected chi connectivity index (χ0v) is 15.0. The minimum Gasteiger partial charge on any atom is -0.325 e. The Morgan fingerprint density at radius 2 is 1.88 bits per heavy atom. The summed E-state index contributed by atoms with van der Waals surface area (Å²) >= 11 is 0. The first-order chi connectivity index (χ1) is 11.1. The molecule has 24 heavy (non-hydrogen) atoms. The summed E-state index contributed by atoms with van der Waals surface area (Å²) in [6.07, 6.45) is 2.79. The van der Waals surface area contributed by atoms with Gasteiger partial charge in [0, 0.05) is 11.2 Å². The van der Waals surface area contributed by atoms with Crippen molar-refractivity contribution in [1.29, 1.82) is 5.26 Å². The molecule has 2 rings (SSSR count). The van der Waals surface area contributed by atoms with Crippen LogP contribution in [0.2, 0.25) is 0 Å². The molecular weight excluding hydrogens is 326 g/mol. The number of nitriles is 1. The molecule has 1 aliphatic carbocycles. The second-order valence-electron chi connectivity index (χ2n) is 7.24. The van der Waals surface area contributed by atoms with Crippen LogP contribution in [0.5, 0.6) is 0 Å². The molecule has 0 bridgehead atoms. The van der Waals surface area contributed by atoms with E-state index in [0.717, 1.165) is 12.8 Å². The standard InChI is InChI=1S/C17H23N3O3S/c1-16(2,3)20-24(22,23)14-8-6-7-13(11-14)19-15(21)17(12-18)9-4-5-10-17/h6-8,11,20H,4-5,9-10H2,1-3H3,(H,19,21). The quantitative estimate of drug-likeness (QED) is 0.873. The molecule has 1 fully saturated rings. The Hall–Kier alpha value is -1.91. The Morgan fingerprint density at radius 3 is 2.42 bits per heavy atom. The number of rotatable bonds is 4. The predicted octanol–water partition coefficient (Wildman–Crippen LogP) is 2.79. The van der Waals surface area contributed by atoms with E-state index in [2.05, 4.69) is 16.1 Å². The largest absolute Gasteiger partial charge is 0.325 e. The molecule has 0 atom stereocenters. The highest BCUT2D eigenvalue weighted by Gasteiger charge is 2.41. The second kappa shape index (κ2) is 6.54. The molecule has 0 saturated heterocycles. The number of anilines is 1. The van der Waals surface area contributed by atoms with Gasteiger partial charge in [-0.05, 0) is 51.8 Å². The highest BCUT2D eigenvalue weighted by Crippen LogP contribution is 2.38. The number of amides is 1. The van der Waals surface area contributed by atoms with Gasteiger partial charge in [0.2, 0.25) is 15.9 Å². The normalized spacial score (nSPS) is 17.2. The van der Waals surface area contributed by atoms with Crippen molar-refractivity contribution in [2.24, 2.45) is 5.41 Å². The van der Waals surface area contributed by atoms with Crippen LogP contribution in [-0.4, -0.2) is 19.9 Å². The maximum atomic E-state index is 12.5. The van der Waals surface area contributed by atoms with E-state index in [1.54, 1.807) is 32.9 Å². The summed E-state index contributed by atoms with van der Waals surface area (Å²) in [6, 6.07) is 8.20. The molecule has 0 heterocycles. The minimum atomic E-state index is -3.68. The Bertz CT molecular complexity index is 767. The van der Waals surface area contributed by atoms with Crippen molar-refractivity contribution in [3.05, 3.63) is 24.3 Å². The molecule has 0 aromatic heterocycles.